The Morgan fingerprint density at radius 1 is 0.382 bits per heavy atom. The van der Waals surface area contributed by atoms with Gasteiger partial charge in [-0.2, -0.15) is 0 Å². The molecule has 2 nitrogen and oxygen atoms in total. The molecule has 0 radical (unpaired) electrons. The summed E-state index contributed by atoms with van der Waals surface area (Å²) in [5.74, 6) is 3.98. The molecule has 0 atom stereocenters. The van der Waals surface area contributed by atoms with E-state index in [4.69, 9.17) is 9.47 Å². The Balaban J connectivity index is 1.14. The second-order valence-electron chi connectivity index (χ2n) is 16.6. The lowest BCUT2D eigenvalue weighted by molar-refractivity contribution is 0.487. The molecule has 0 amide bonds. The number of hydrogen-bond donors (Lipinski definition) is 0. The summed E-state index contributed by atoms with van der Waals surface area (Å²) in [6.07, 6.45) is 0. The van der Waals surface area contributed by atoms with Crippen molar-refractivity contribution in [3.05, 3.63) is 157 Å². The fourth-order valence-electron chi connectivity index (χ4n) is 9.69. The minimum absolute atomic E-state index is 0.103. The van der Waals surface area contributed by atoms with Gasteiger partial charge >= 0.3 is 0 Å². The number of para-hydroxylation sites is 2. The van der Waals surface area contributed by atoms with E-state index < -0.39 is 0 Å². The summed E-state index contributed by atoms with van der Waals surface area (Å²) in [6, 6.07) is 53.2. The van der Waals surface area contributed by atoms with Crippen molar-refractivity contribution in [2.75, 3.05) is 0 Å². The molecule has 0 fully saturated rings. The van der Waals surface area contributed by atoms with Gasteiger partial charge in [-0.1, -0.05) is 144 Å². The maximum absolute atomic E-state index is 6.46. The van der Waals surface area contributed by atoms with Crippen LogP contribution < -0.4 is 9.47 Å². The summed E-state index contributed by atoms with van der Waals surface area (Å²) in [4.78, 5) is 0. The predicted molar refractivity (Wildman–Crippen MR) is 231 cm³/mol. The van der Waals surface area contributed by atoms with E-state index >= 15 is 0 Å². The zero-order valence-corrected chi connectivity index (χ0v) is 31.8. The van der Waals surface area contributed by atoms with Crippen molar-refractivity contribution in [2.45, 2.75) is 46.0 Å². The van der Waals surface area contributed by atoms with Crippen molar-refractivity contribution in [1.82, 2.24) is 0 Å². The highest BCUT2D eigenvalue weighted by Crippen LogP contribution is 2.51. The second-order valence-corrected chi connectivity index (χ2v) is 16.6. The SMILES string of the molecule is CC(C)c1c2cc(-c3ccc4c5c(cccc35)Oc3ccccc3-4)ccc2c(C(C)(C)C)c2cc(-c3ccc4c5c(cccc35)Oc3ccccc3-4)ccc12. The molecule has 0 saturated carbocycles. The summed E-state index contributed by atoms with van der Waals surface area (Å²) in [6.45, 7) is 11.8. The van der Waals surface area contributed by atoms with Gasteiger partial charge in [0.05, 0.1) is 0 Å². The van der Waals surface area contributed by atoms with E-state index in [0.29, 0.717) is 5.92 Å². The molecule has 2 heterocycles. The summed E-state index contributed by atoms with van der Waals surface area (Å²) in [7, 11) is 0. The second kappa shape index (κ2) is 11.6. The van der Waals surface area contributed by atoms with E-state index in [9.17, 15) is 0 Å². The molecule has 264 valence electrons. The number of ether oxygens (including phenoxy) is 2. The molecular formula is C53H40O2. The quantitative estimate of drug-likeness (QED) is 0.170. The van der Waals surface area contributed by atoms with Crippen molar-refractivity contribution in [2.24, 2.45) is 0 Å². The van der Waals surface area contributed by atoms with Gasteiger partial charge < -0.3 is 9.47 Å². The van der Waals surface area contributed by atoms with Crippen LogP contribution in [0.2, 0.25) is 0 Å². The van der Waals surface area contributed by atoms with Crippen LogP contribution in [0, 0.1) is 0 Å². The number of hydrogen-bond acceptors (Lipinski definition) is 2. The summed E-state index contributed by atoms with van der Waals surface area (Å²) in [5, 5.41) is 10.1. The maximum atomic E-state index is 6.46. The molecule has 0 spiro atoms. The monoisotopic (exact) mass is 708 g/mol. The standard InChI is InChI=1S/C53H40O2/c1-30(2)49-41-22-20-32(34-25-27-40-36-13-7-9-17-46(36)55-48-19-11-15-38(34)51(40)48)29-44(41)52(53(3,4)5)42-23-21-31(28-43(42)49)33-24-26-39-35-12-6-8-16-45(35)54-47-18-10-14-37(33)50(39)47/h6-30H,1-5H3. The molecule has 9 aromatic rings. The molecule has 0 unspecified atom stereocenters. The van der Waals surface area contributed by atoms with Crippen molar-refractivity contribution in [1.29, 1.82) is 0 Å². The Kier molecular flexibility index (Phi) is 6.74. The van der Waals surface area contributed by atoms with Gasteiger partial charge in [0, 0.05) is 21.9 Å². The van der Waals surface area contributed by atoms with E-state index in [1.165, 1.54) is 87.6 Å². The highest BCUT2D eigenvalue weighted by molar-refractivity contribution is 6.14. The zero-order valence-electron chi connectivity index (χ0n) is 31.8. The number of benzene rings is 9. The lowest BCUT2D eigenvalue weighted by Crippen LogP contribution is -2.14. The molecular weight excluding hydrogens is 669 g/mol. The minimum atomic E-state index is -0.103. The molecule has 0 bridgehead atoms. The van der Waals surface area contributed by atoms with Crippen LogP contribution in [-0.2, 0) is 5.41 Å². The first kappa shape index (κ1) is 32.1. The first-order valence-corrected chi connectivity index (χ1v) is 19.5. The summed E-state index contributed by atoms with van der Waals surface area (Å²) >= 11 is 0. The van der Waals surface area contributed by atoms with E-state index in [0.717, 1.165) is 34.1 Å². The largest absolute Gasteiger partial charge is 0.456 e. The zero-order chi connectivity index (χ0) is 37.2. The third kappa shape index (κ3) is 4.67. The lowest BCUT2D eigenvalue weighted by Gasteiger charge is -2.28. The predicted octanol–water partition coefficient (Wildman–Crippen LogP) is 15.6. The van der Waals surface area contributed by atoms with Crippen molar-refractivity contribution >= 4 is 43.1 Å². The first-order chi connectivity index (χ1) is 26.7. The molecule has 2 heteroatoms. The van der Waals surface area contributed by atoms with Gasteiger partial charge in [-0.05, 0) is 125 Å². The van der Waals surface area contributed by atoms with Crippen LogP contribution in [0.4, 0.5) is 0 Å². The molecule has 9 aromatic carbocycles. The molecule has 0 saturated heterocycles. The van der Waals surface area contributed by atoms with Crippen molar-refractivity contribution in [3.63, 3.8) is 0 Å². The molecule has 2 aliphatic rings. The Morgan fingerprint density at radius 3 is 1.38 bits per heavy atom. The van der Waals surface area contributed by atoms with Crippen LogP contribution in [-0.4, -0.2) is 0 Å². The van der Waals surface area contributed by atoms with Crippen LogP contribution >= 0.6 is 0 Å². The van der Waals surface area contributed by atoms with Crippen LogP contribution in [0.3, 0.4) is 0 Å². The maximum Gasteiger partial charge on any atom is 0.135 e. The van der Waals surface area contributed by atoms with Gasteiger partial charge in [-0.3, -0.25) is 0 Å². The van der Waals surface area contributed by atoms with Crippen LogP contribution in [0.5, 0.6) is 23.0 Å². The molecule has 2 aliphatic heterocycles. The normalized spacial score (nSPS) is 12.9. The van der Waals surface area contributed by atoms with Crippen molar-refractivity contribution in [3.8, 4) is 67.5 Å². The molecule has 11 rings (SSSR count). The van der Waals surface area contributed by atoms with Gasteiger partial charge in [0.2, 0.25) is 0 Å². The van der Waals surface area contributed by atoms with Gasteiger partial charge in [-0.15, -0.1) is 0 Å². The van der Waals surface area contributed by atoms with E-state index in [-0.39, 0.29) is 5.41 Å². The van der Waals surface area contributed by atoms with Crippen LogP contribution in [0.15, 0.2) is 146 Å². The number of rotatable bonds is 3. The molecule has 0 aliphatic carbocycles. The van der Waals surface area contributed by atoms with Crippen LogP contribution in [0.25, 0.3) is 87.6 Å². The van der Waals surface area contributed by atoms with Crippen LogP contribution in [0.1, 0.15) is 51.7 Å². The third-order valence-corrected chi connectivity index (χ3v) is 11.9. The Bertz CT molecular complexity index is 3100. The molecule has 0 N–H and O–H groups in total. The van der Waals surface area contributed by atoms with E-state index in [1.54, 1.807) is 0 Å². The topological polar surface area (TPSA) is 18.5 Å². The van der Waals surface area contributed by atoms with Gasteiger partial charge in [0.1, 0.15) is 23.0 Å². The van der Waals surface area contributed by atoms with Gasteiger partial charge in [0.25, 0.3) is 0 Å². The molecule has 55 heavy (non-hydrogen) atoms. The Hall–Kier alpha value is -6.38. The van der Waals surface area contributed by atoms with E-state index in [1.807, 2.05) is 12.1 Å². The third-order valence-electron chi connectivity index (χ3n) is 11.9. The average molecular weight is 709 g/mol. The highest BCUT2D eigenvalue weighted by atomic mass is 16.5. The Morgan fingerprint density at radius 2 is 0.855 bits per heavy atom. The minimum Gasteiger partial charge on any atom is -0.456 e. The molecule has 0 aromatic heterocycles. The lowest BCUT2D eigenvalue weighted by atomic mass is 9.76. The summed E-state index contributed by atoms with van der Waals surface area (Å²) < 4.78 is 12.9. The fourth-order valence-corrected chi connectivity index (χ4v) is 9.69. The summed E-state index contributed by atoms with van der Waals surface area (Å²) in [5.41, 5.74) is 12.3. The highest BCUT2D eigenvalue weighted by Gasteiger charge is 2.27. The van der Waals surface area contributed by atoms with Gasteiger partial charge in [-0.25, -0.2) is 0 Å². The number of fused-ring (bicyclic) bond motifs is 6. The fraction of sp³-hybridized carbons (Fsp3) is 0.132. The van der Waals surface area contributed by atoms with Gasteiger partial charge in [0.15, 0.2) is 0 Å². The van der Waals surface area contributed by atoms with Crippen molar-refractivity contribution < 1.29 is 9.47 Å². The Labute approximate surface area is 321 Å². The van der Waals surface area contributed by atoms with E-state index in [2.05, 4.69) is 168 Å². The smallest absolute Gasteiger partial charge is 0.135 e. The average Bonchev–Trinajstić information content (AvgIpc) is 3.19. The first-order valence-electron chi connectivity index (χ1n) is 19.5.